The Kier molecular flexibility index (Phi) is 6.89. The van der Waals surface area contributed by atoms with Crippen LogP contribution in [0.2, 0.25) is 0 Å². The number of nitrogens with one attached hydrogen (secondary N) is 1. The molecule has 0 radical (unpaired) electrons. The monoisotopic (exact) mass is 347 g/mol. The van der Waals surface area contributed by atoms with Gasteiger partial charge in [0.1, 0.15) is 0 Å². The van der Waals surface area contributed by atoms with Crippen LogP contribution in [0.15, 0.2) is 12.3 Å². The summed E-state index contributed by atoms with van der Waals surface area (Å²) in [6, 6.07) is 1.79. The van der Waals surface area contributed by atoms with Crippen molar-refractivity contribution < 1.29 is 9.59 Å². The summed E-state index contributed by atoms with van der Waals surface area (Å²) in [4.78, 5) is 31.9. The summed E-state index contributed by atoms with van der Waals surface area (Å²) in [6.07, 6.45) is 2.30. The zero-order valence-electron chi connectivity index (χ0n) is 17.0. The molecule has 0 aliphatic heterocycles. The Labute approximate surface area is 152 Å². The van der Waals surface area contributed by atoms with Gasteiger partial charge >= 0.3 is 0 Å². The summed E-state index contributed by atoms with van der Waals surface area (Å²) in [6.45, 7) is 13.3. The number of nitrogens with zero attached hydrogens (tertiary/aromatic N) is 2. The second kappa shape index (κ2) is 8.09. The average Bonchev–Trinajstić information content (AvgIpc) is 2.43. The maximum Gasteiger partial charge on any atom is 0.253 e. The second-order valence-electron chi connectivity index (χ2n) is 9.10. The van der Waals surface area contributed by atoms with Gasteiger partial charge in [-0.05, 0) is 32.0 Å². The maximum atomic E-state index is 12.9. The van der Waals surface area contributed by atoms with Crippen molar-refractivity contribution in [1.82, 2.24) is 15.2 Å². The fourth-order valence-electron chi connectivity index (χ4n) is 2.40. The highest BCUT2D eigenvalue weighted by atomic mass is 16.2. The Morgan fingerprint density at radius 2 is 1.68 bits per heavy atom. The molecule has 1 rings (SSSR count). The Morgan fingerprint density at radius 3 is 2.16 bits per heavy atom. The van der Waals surface area contributed by atoms with Crippen LogP contribution in [0.25, 0.3) is 0 Å². The Bertz CT molecular complexity index is 623. The molecule has 1 aromatic rings. The number of aromatic nitrogens is 1. The zero-order valence-corrected chi connectivity index (χ0v) is 17.0. The Morgan fingerprint density at radius 1 is 1.08 bits per heavy atom. The van der Waals surface area contributed by atoms with E-state index in [9.17, 15) is 9.59 Å². The van der Waals surface area contributed by atoms with Crippen LogP contribution in [-0.2, 0) is 6.42 Å². The molecule has 0 unspecified atom stereocenters. The van der Waals surface area contributed by atoms with E-state index in [4.69, 9.17) is 0 Å². The van der Waals surface area contributed by atoms with Crippen molar-refractivity contribution in [1.29, 1.82) is 0 Å². The van der Waals surface area contributed by atoms with Crippen molar-refractivity contribution in [3.63, 3.8) is 0 Å². The van der Waals surface area contributed by atoms with Crippen molar-refractivity contribution in [3.05, 3.63) is 29.1 Å². The number of amides is 1. The number of carbonyl (C=O) groups is 2. The first-order chi connectivity index (χ1) is 11.3. The molecule has 0 aromatic carbocycles. The lowest BCUT2D eigenvalue weighted by molar-refractivity contribution is 0.0846. The highest BCUT2D eigenvalue weighted by Gasteiger charge is 2.28. The van der Waals surface area contributed by atoms with Gasteiger partial charge in [-0.1, -0.05) is 41.5 Å². The van der Waals surface area contributed by atoms with Crippen LogP contribution < -0.4 is 5.32 Å². The topological polar surface area (TPSA) is 62.3 Å². The van der Waals surface area contributed by atoms with Gasteiger partial charge in [-0.25, -0.2) is 0 Å². The minimum atomic E-state index is -0.557. The number of carbonyl (C=O) groups excluding carboxylic acids is 2. The van der Waals surface area contributed by atoms with Crippen LogP contribution in [0, 0.1) is 10.8 Å². The first-order valence-corrected chi connectivity index (χ1v) is 8.78. The SMILES string of the molecule is CN(C)CCNC(=O)c1cnc(CC(C)(C)C)cc1C(=O)C(C)(C)C. The minimum absolute atomic E-state index is 0.0391. The van der Waals surface area contributed by atoms with Gasteiger partial charge in [0.05, 0.1) is 5.56 Å². The van der Waals surface area contributed by atoms with Crippen LogP contribution in [0.1, 0.15) is 68.0 Å². The number of rotatable bonds is 6. The van der Waals surface area contributed by atoms with E-state index in [0.717, 1.165) is 18.7 Å². The number of pyridine rings is 1. The first-order valence-electron chi connectivity index (χ1n) is 8.78. The van der Waals surface area contributed by atoms with Crippen molar-refractivity contribution in [2.45, 2.75) is 48.0 Å². The maximum absolute atomic E-state index is 12.9. The van der Waals surface area contributed by atoms with Gasteiger partial charge in [0.25, 0.3) is 5.91 Å². The van der Waals surface area contributed by atoms with Crippen LogP contribution >= 0.6 is 0 Å². The number of likely N-dealkylation sites (N-methyl/N-ethyl adjacent to an activating group) is 1. The molecular formula is C20H33N3O2. The van der Waals surface area contributed by atoms with Gasteiger partial charge in [0, 0.05) is 36.0 Å². The Hall–Kier alpha value is -1.75. The van der Waals surface area contributed by atoms with E-state index in [2.05, 4.69) is 31.1 Å². The number of hydrogen-bond acceptors (Lipinski definition) is 4. The predicted octanol–water partition coefficient (Wildman–Crippen LogP) is 3.19. The standard InChI is InChI=1S/C20H33N3O2/c1-19(2,3)12-14-11-15(17(24)20(4,5)6)16(13-22-14)18(25)21-9-10-23(7)8/h11,13H,9-10,12H2,1-8H3,(H,21,25). The third-order valence-electron chi connectivity index (χ3n) is 3.69. The molecule has 1 amide bonds. The molecule has 0 saturated heterocycles. The molecule has 5 nitrogen and oxygen atoms in total. The van der Waals surface area contributed by atoms with Gasteiger partial charge in [0.2, 0.25) is 0 Å². The largest absolute Gasteiger partial charge is 0.351 e. The lowest BCUT2D eigenvalue weighted by Crippen LogP contribution is -2.33. The van der Waals surface area contributed by atoms with Gasteiger partial charge in [-0.2, -0.15) is 0 Å². The number of hydrogen-bond donors (Lipinski definition) is 1. The number of ketones is 1. The van der Waals surface area contributed by atoms with Gasteiger partial charge in [-0.3, -0.25) is 14.6 Å². The molecule has 1 aromatic heterocycles. The first kappa shape index (κ1) is 21.3. The molecule has 0 fully saturated rings. The molecule has 140 valence electrons. The van der Waals surface area contributed by atoms with Crippen molar-refractivity contribution >= 4 is 11.7 Å². The fourth-order valence-corrected chi connectivity index (χ4v) is 2.40. The van der Waals surface area contributed by atoms with E-state index < -0.39 is 5.41 Å². The molecule has 25 heavy (non-hydrogen) atoms. The van der Waals surface area contributed by atoms with Crippen LogP contribution in [0.4, 0.5) is 0 Å². The summed E-state index contributed by atoms with van der Waals surface area (Å²) in [5.74, 6) is -0.285. The lowest BCUT2D eigenvalue weighted by atomic mass is 9.83. The smallest absolute Gasteiger partial charge is 0.253 e. The van der Waals surface area contributed by atoms with Gasteiger partial charge < -0.3 is 10.2 Å². The molecule has 0 aliphatic rings. The Balaban J connectivity index is 3.18. The molecule has 0 bridgehead atoms. The van der Waals surface area contributed by atoms with Crippen molar-refractivity contribution in [3.8, 4) is 0 Å². The lowest BCUT2D eigenvalue weighted by Gasteiger charge is -2.21. The third kappa shape index (κ3) is 6.94. The average molecular weight is 348 g/mol. The molecule has 0 spiro atoms. The highest BCUT2D eigenvalue weighted by Crippen LogP contribution is 2.26. The summed E-state index contributed by atoms with van der Waals surface area (Å²) >= 11 is 0. The van der Waals surface area contributed by atoms with Crippen LogP contribution in [-0.4, -0.2) is 48.8 Å². The summed E-state index contributed by atoms with van der Waals surface area (Å²) in [7, 11) is 3.90. The fraction of sp³-hybridized carbons (Fsp3) is 0.650. The summed E-state index contributed by atoms with van der Waals surface area (Å²) in [5.41, 5.74) is 1.16. The zero-order chi connectivity index (χ0) is 19.4. The normalized spacial score (nSPS) is 12.4. The predicted molar refractivity (Wildman–Crippen MR) is 102 cm³/mol. The van der Waals surface area contributed by atoms with Crippen LogP contribution in [0.3, 0.4) is 0 Å². The van der Waals surface area contributed by atoms with Crippen molar-refractivity contribution in [2.24, 2.45) is 10.8 Å². The molecule has 0 saturated carbocycles. The van der Waals surface area contributed by atoms with Crippen molar-refractivity contribution in [2.75, 3.05) is 27.2 Å². The highest BCUT2D eigenvalue weighted by molar-refractivity contribution is 6.09. The molecule has 0 aliphatic carbocycles. The molecule has 5 heteroatoms. The molecular weight excluding hydrogens is 314 g/mol. The van der Waals surface area contributed by atoms with Gasteiger partial charge in [0.15, 0.2) is 5.78 Å². The molecule has 0 atom stereocenters. The van der Waals surface area contributed by atoms with E-state index in [-0.39, 0.29) is 17.1 Å². The number of Topliss-reactive ketones (excluding diaryl/α,β-unsaturated/α-hetero) is 1. The molecule has 1 heterocycles. The quantitative estimate of drug-likeness (QED) is 0.803. The van der Waals surface area contributed by atoms with E-state index in [1.165, 1.54) is 0 Å². The van der Waals surface area contributed by atoms with E-state index in [1.54, 1.807) is 12.3 Å². The van der Waals surface area contributed by atoms with E-state index in [1.807, 2.05) is 39.8 Å². The van der Waals surface area contributed by atoms with E-state index >= 15 is 0 Å². The van der Waals surface area contributed by atoms with E-state index in [0.29, 0.717) is 17.7 Å². The molecule has 1 N–H and O–H groups in total. The minimum Gasteiger partial charge on any atom is -0.351 e. The van der Waals surface area contributed by atoms with Gasteiger partial charge in [-0.15, -0.1) is 0 Å². The second-order valence-corrected chi connectivity index (χ2v) is 9.10. The third-order valence-corrected chi connectivity index (χ3v) is 3.69. The summed E-state index contributed by atoms with van der Waals surface area (Å²) in [5, 5.41) is 2.87. The van der Waals surface area contributed by atoms with Crippen LogP contribution in [0.5, 0.6) is 0 Å². The summed E-state index contributed by atoms with van der Waals surface area (Å²) < 4.78 is 0.